The highest BCUT2D eigenvalue weighted by Crippen LogP contribution is 2.30. The Morgan fingerprint density at radius 3 is 3.00 bits per heavy atom. The molecule has 2 aromatic rings. The van der Waals surface area contributed by atoms with Gasteiger partial charge >= 0.3 is 0 Å². The summed E-state index contributed by atoms with van der Waals surface area (Å²) >= 11 is 4.71. The topological polar surface area (TPSA) is 80.0 Å². The van der Waals surface area contributed by atoms with Gasteiger partial charge in [-0.3, -0.25) is 4.79 Å². The first kappa shape index (κ1) is 14.3. The molecule has 0 bridgehead atoms. The Kier molecular flexibility index (Phi) is 4.12. The molecule has 1 amide bonds. The maximum atomic E-state index is 12.2. The fraction of sp³-hybridized carbons (Fsp3) is 0.286. The van der Waals surface area contributed by atoms with Crippen LogP contribution in [0.15, 0.2) is 28.7 Å². The largest absolute Gasteiger partial charge is 0.382 e. The number of anilines is 2. The third-order valence-corrected chi connectivity index (χ3v) is 4.60. The van der Waals surface area contributed by atoms with Gasteiger partial charge in [0.2, 0.25) is 0 Å². The second kappa shape index (κ2) is 6.03. The maximum Gasteiger partial charge on any atom is 0.265 e. The van der Waals surface area contributed by atoms with Crippen LogP contribution in [0.4, 0.5) is 10.9 Å². The number of aromatic nitrogens is 1. The Morgan fingerprint density at radius 1 is 1.48 bits per heavy atom. The normalized spacial score (nSPS) is 14.0. The number of nitrogens with one attached hydrogen (secondary N) is 2. The average Bonchev–Trinajstić information content (AvgIpc) is 3.18. The van der Waals surface area contributed by atoms with Crippen LogP contribution in [0.1, 0.15) is 28.1 Å². The molecule has 0 aliphatic heterocycles. The minimum atomic E-state index is -0.186. The number of hydrogen-bond acceptors (Lipinski definition) is 5. The van der Waals surface area contributed by atoms with E-state index in [0.29, 0.717) is 17.5 Å². The molecule has 0 unspecified atom stereocenters. The summed E-state index contributed by atoms with van der Waals surface area (Å²) in [4.78, 5) is 16.8. The van der Waals surface area contributed by atoms with Gasteiger partial charge in [0, 0.05) is 17.1 Å². The molecule has 1 saturated carbocycles. The smallest absolute Gasteiger partial charge is 0.265 e. The van der Waals surface area contributed by atoms with Crippen molar-refractivity contribution >= 4 is 44.1 Å². The van der Waals surface area contributed by atoms with Gasteiger partial charge in [-0.25, -0.2) is 4.98 Å². The lowest BCUT2D eigenvalue weighted by molar-refractivity contribution is 0.0955. The predicted molar refractivity (Wildman–Crippen MR) is 88.5 cm³/mol. The fourth-order valence-electron chi connectivity index (χ4n) is 1.87. The van der Waals surface area contributed by atoms with Gasteiger partial charge in [-0.05, 0) is 30.5 Å². The van der Waals surface area contributed by atoms with Crippen LogP contribution in [0.2, 0.25) is 0 Å². The first-order valence-corrected chi connectivity index (χ1v) is 8.28. The highest BCUT2D eigenvalue weighted by Gasteiger charge is 2.24. The molecule has 0 saturated heterocycles. The number of carbonyl (C=O) groups is 1. The van der Waals surface area contributed by atoms with Gasteiger partial charge in [0.15, 0.2) is 5.13 Å². The molecule has 1 heterocycles. The van der Waals surface area contributed by atoms with E-state index in [-0.39, 0.29) is 11.7 Å². The molecule has 1 aromatic carbocycles. The third-order valence-electron chi connectivity index (χ3n) is 3.11. The lowest BCUT2D eigenvalue weighted by Crippen LogP contribution is -2.22. The Bertz CT molecular complexity index is 669. The molecule has 3 rings (SSSR count). The van der Waals surface area contributed by atoms with Crippen molar-refractivity contribution in [2.24, 2.45) is 0 Å². The van der Waals surface area contributed by atoms with Crippen LogP contribution in [-0.4, -0.2) is 16.9 Å². The molecular weight excluding hydrogens is 352 g/mol. The number of thiazole rings is 1. The molecule has 5 nitrogen and oxygen atoms in total. The van der Waals surface area contributed by atoms with Crippen LogP contribution in [0, 0.1) is 0 Å². The molecule has 21 heavy (non-hydrogen) atoms. The number of nitrogen functional groups attached to an aromatic ring is 1. The Hall–Kier alpha value is -1.60. The highest BCUT2D eigenvalue weighted by molar-refractivity contribution is 9.10. The Labute approximate surface area is 135 Å². The van der Waals surface area contributed by atoms with E-state index in [1.54, 1.807) is 0 Å². The van der Waals surface area contributed by atoms with Crippen LogP contribution >= 0.6 is 27.3 Å². The van der Waals surface area contributed by atoms with Crippen molar-refractivity contribution in [2.75, 3.05) is 11.1 Å². The number of benzene rings is 1. The predicted octanol–water partition coefficient (Wildman–Crippen LogP) is 2.99. The number of amides is 1. The summed E-state index contributed by atoms with van der Waals surface area (Å²) < 4.78 is 0.988. The summed E-state index contributed by atoms with van der Waals surface area (Å²) in [6, 6.07) is 8.30. The molecule has 0 radical (unpaired) electrons. The van der Waals surface area contributed by atoms with Crippen molar-refractivity contribution in [1.29, 1.82) is 0 Å². The summed E-state index contributed by atoms with van der Waals surface area (Å²) in [5, 5.41) is 6.85. The van der Waals surface area contributed by atoms with Crippen molar-refractivity contribution in [3.63, 3.8) is 0 Å². The zero-order chi connectivity index (χ0) is 14.8. The van der Waals surface area contributed by atoms with Gasteiger partial charge in [0.1, 0.15) is 10.7 Å². The number of carbonyl (C=O) groups excluding carboxylic acids is 1. The molecule has 1 fully saturated rings. The molecule has 1 aliphatic carbocycles. The van der Waals surface area contributed by atoms with Gasteiger partial charge in [-0.1, -0.05) is 39.4 Å². The van der Waals surface area contributed by atoms with Gasteiger partial charge in [-0.2, -0.15) is 0 Å². The molecule has 0 spiro atoms. The minimum absolute atomic E-state index is 0.186. The van der Waals surface area contributed by atoms with E-state index in [0.717, 1.165) is 28.0 Å². The van der Waals surface area contributed by atoms with Crippen molar-refractivity contribution in [3.8, 4) is 0 Å². The van der Waals surface area contributed by atoms with E-state index in [2.05, 4.69) is 31.5 Å². The highest BCUT2D eigenvalue weighted by atomic mass is 79.9. The van der Waals surface area contributed by atoms with E-state index in [4.69, 9.17) is 5.73 Å². The van der Waals surface area contributed by atoms with Crippen molar-refractivity contribution < 1.29 is 4.79 Å². The van der Waals surface area contributed by atoms with E-state index < -0.39 is 0 Å². The third kappa shape index (κ3) is 3.74. The molecule has 7 heteroatoms. The molecule has 1 aromatic heterocycles. The van der Waals surface area contributed by atoms with Crippen molar-refractivity contribution in [2.45, 2.75) is 25.4 Å². The summed E-state index contributed by atoms with van der Waals surface area (Å²) in [5.41, 5.74) is 6.85. The molecule has 1 aliphatic rings. The molecular formula is C14H15BrN4OS. The number of rotatable bonds is 5. The quantitative estimate of drug-likeness (QED) is 0.759. The standard InChI is InChI=1S/C14H15BrN4OS/c15-9-3-1-2-8(6-9)7-17-13(20)11-12(16)19-14(21-11)18-10-4-5-10/h1-3,6,10H,4-5,7,16H2,(H,17,20)(H,18,19). The maximum absolute atomic E-state index is 12.2. The number of nitrogens with two attached hydrogens (primary N) is 1. The summed E-state index contributed by atoms with van der Waals surface area (Å²) in [7, 11) is 0. The second-order valence-corrected chi connectivity index (χ2v) is 6.88. The van der Waals surface area contributed by atoms with E-state index in [9.17, 15) is 4.79 Å². The minimum Gasteiger partial charge on any atom is -0.382 e. The zero-order valence-electron chi connectivity index (χ0n) is 11.2. The number of halogens is 1. The van der Waals surface area contributed by atoms with Crippen molar-refractivity contribution in [1.82, 2.24) is 10.3 Å². The lowest BCUT2D eigenvalue weighted by Gasteiger charge is -2.04. The van der Waals surface area contributed by atoms with Crippen LogP contribution < -0.4 is 16.4 Å². The molecule has 4 N–H and O–H groups in total. The van der Waals surface area contributed by atoms with Gasteiger partial charge in [0.05, 0.1) is 0 Å². The average molecular weight is 367 g/mol. The Morgan fingerprint density at radius 2 is 2.29 bits per heavy atom. The first-order valence-electron chi connectivity index (χ1n) is 6.67. The zero-order valence-corrected chi connectivity index (χ0v) is 13.6. The van der Waals surface area contributed by atoms with Gasteiger partial charge in [-0.15, -0.1) is 0 Å². The summed E-state index contributed by atoms with van der Waals surface area (Å²) in [6.45, 7) is 0.459. The van der Waals surface area contributed by atoms with Crippen LogP contribution in [0.3, 0.4) is 0 Å². The van der Waals surface area contributed by atoms with Gasteiger partial charge in [0.25, 0.3) is 5.91 Å². The van der Waals surface area contributed by atoms with E-state index in [1.165, 1.54) is 11.3 Å². The number of nitrogens with zero attached hydrogens (tertiary/aromatic N) is 1. The van der Waals surface area contributed by atoms with Crippen molar-refractivity contribution in [3.05, 3.63) is 39.2 Å². The van der Waals surface area contributed by atoms with Crippen LogP contribution in [0.25, 0.3) is 0 Å². The van der Waals surface area contributed by atoms with Gasteiger partial charge < -0.3 is 16.4 Å². The second-order valence-electron chi connectivity index (χ2n) is 4.96. The van der Waals surface area contributed by atoms with E-state index >= 15 is 0 Å². The van der Waals surface area contributed by atoms with Crippen LogP contribution in [-0.2, 0) is 6.54 Å². The fourth-order valence-corrected chi connectivity index (χ4v) is 3.19. The number of hydrogen-bond donors (Lipinski definition) is 3. The first-order chi connectivity index (χ1) is 10.1. The lowest BCUT2D eigenvalue weighted by atomic mass is 10.2. The summed E-state index contributed by atoms with van der Waals surface area (Å²) in [5.74, 6) is 0.101. The molecule has 110 valence electrons. The molecule has 0 atom stereocenters. The monoisotopic (exact) mass is 366 g/mol. The van der Waals surface area contributed by atoms with E-state index in [1.807, 2.05) is 24.3 Å². The summed E-state index contributed by atoms with van der Waals surface area (Å²) in [6.07, 6.45) is 2.31. The Balaban J connectivity index is 1.63. The van der Waals surface area contributed by atoms with Crippen LogP contribution in [0.5, 0.6) is 0 Å². The SMILES string of the molecule is Nc1nc(NC2CC2)sc1C(=O)NCc1cccc(Br)c1.